The fourth-order valence-corrected chi connectivity index (χ4v) is 1.77. The molecule has 1 aromatic heterocycles. The van der Waals surface area contributed by atoms with E-state index in [0.717, 1.165) is 11.4 Å². The van der Waals surface area contributed by atoms with Crippen LogP contribution in [0.4, 0.5) is 5.69 Å². The number of carbonyl (C=O) groups is 1. The molecule has 0 spiro atoms. The van der Waals surface area contributed by atoms with Gasteiger partial charge in [-0.25, -0.2) is 4.98 Å². The average Bonchev–Trinajstić information content (AvgIpc) is 2.70. The largest absolute Gasteiger partial charge is 0.338 e. The molecule has 0 bridgehead atoms. The van der Waals surface area contributed by atoms with E-state index >= 15 is 0 Å². The fourth-order valence-electron chi connectivity index (χ4n) is 1.59. The summed E-state index contributed by atoms with van der Waals surface area (Å²) in [6.45, 7) is 1.92. The molecule has 1 heterocycles. The number of aromatic nitrogens is 2. The van der Waals surface area contributed by atoms with Crippen molar-refractivity contribution in [1.29, 1.82) is 0 Å². The first-order valence-electron chi connectivity index (χ1n) is 5.58. The third-order valence-electron chi connectivity index (χ3n) is 2.70. The van der Waals surface area contributed by atoms with Crippen molar-refractivity contribution in [3.05, 3.63) is 47.0 Å². The van der Waals surface area contributed by atoms with Crippen LogP contribution in [0, 0.1) is 6.92 Å². The van der Waals surface area contributed by atoms with E-state index in [1.54, 1.807) is 12.3 Å². The zero-order valence-electron chi connectivity index (χ0n) is 10.3. The lowest BCUT2D eigenvalue weighted by molar-refractivity contribution is -0.115. The van der Waals surface area contributed by atoms with Crippen LogP contribution in [0.3, 0.4) is 0 Å². The van der Waals surface area contributed by atoms with Crippen LogP contribution in [0.5, 0.6) is 0 Å². The van der Waals surface area contributed by atoms with Gasteiger partial charge in [-0.1, -0.05) is 17.7 Å². The molecule has 94 valence electrons. The van der Waals surface area contributed by atoms with Crippen LogP contribution in [0.1, 0.15) is 11.4 Å². The molecule has 5 heteroatoms. The van der Waals surface area contributed by atoms with Gasteiger partial charge in [-0.3, -0.25) is 4.79 Å². The molecule has 1 amide bonds. The van der Waals surface area contributed by atoms with Crippen LogP contribution in [0.2, 0.25) is 5.02 Å². The van der Waals surface area contributed by atoms with Gasteiger partial charge in [-0.2, -0.15) is 0 Å². The Labute approximate surface area is 111 Å². The van der Waals surface area contributed by atoms with Crippen molar-refractivity contribution in [3.8, 4) is 0 Å². The molecule has 0 atom stereocenters. The van der Waals surface area contributed by atoms with Crippen molar-refractivity contribution >= 4 is 23.2 Å². The number of nitrogens with one attached hydrogen (secondary N) is 1. The van der Waals surface area contributed by atoms with Crippen LogP contribution in [-0.4, -0.2) is 15.5 Å². The molecule has 1 N–H and O–H groups in total. The van der Waals surface area contributed by atoms with Crippen LogP contribution in [0.15, 0.2) is 30.6 Å². The summed E-state index contributed by atoms with van der Waals surface area (Å²) in [5.74, 6) is 0.620. The lowest BCUT2D eigenvalue weighted by atomic mass is 10.2. The molecule has 0 unspecified atom stereocenters. The summed E-state index contributed by atoms with van der Waals surface area (Å²) in [7, 11) is 1.86. The lowest BCUT2D eigenvalue weighted by Crippen LogP contribution is -2.16. The smallest absolute Gasteiger partial charge is 0.231 e. The minimum atomic E-state index is -0.107. The van der Waals surface area contributed by atoms with Gasteiger partial charge in [0.2, 0.25) is 5.91 Å². The molecule has 4 nitrogen and oxygen atoms in total. The Hall–Kier alpha value is -1.81. The van der Waals surface area contributed by atoms with Crippen LogP contribution in [0.25, 0.3) is 0 Å². The Balaban J connectivity index is 2.03. The van der Waals surface area contributed by atoms with E-state index in [1.807, 2.05) is 36.9 Å². The summed E-state index contributed by atoms with van der Waals surface area (Å²) in [5.41, 5.74) is 1.68. The van der Waals surface area contributed by atoms with Gasteiger partial charge in [0.05, 0.1) is 6.42 Å². The van der Waals surface area contributed by atoms with Gasteiger partial charge in [-0.05, 0) is 24.6 Å². The molecular weight excluding hydrogens is 250 g/mol. The maximum Gasteiger partial charge on any atom is 0.231 e. The number of nitrogens with zero attached hydrogens (tertiary/aromatic N) is 2. The van der Waals surface area contributed by atoms with Gasteiger partial charge in [-0.15, -0.1) is 0 Å². The summed E-state index contributed by atoms with van der Waals surface area (Å²) >= 11 is 6.00. The second-order valence-corrected chi connectivity index (χ2v) is 4.55. The molecule has 0 aliphatic heterocycles. The second kappa shape index (κ2) is 5.23. The number of hydrogen-bond donors (Lipinski definition) is 1. The number of benzene rings is 1. The molecule has 0 radical (unpaired) electrons. The fraction of sp³-hybridized carbons (Fsp3) is 0.231. The predicted octanol–water partition coefficient (Wildman–Crippen LogP) is 2.56. The number of amides is 1. The van der Waals surface area contributed by atoms with E-state index in [2.05, 4.69) is 10.3 Å². The van der Waals surface area contributed by atoms with Gasteiger partial charge < -0.3 is 9.88 Å². The molecule has 0 saturated carbocycles. The van der Waals surface area contributed by atoms with Crippen molar-refractivity contribution in [1.82, 2.24) is 9.55 Å². The molecule has 0 saturated heterocycles. The number of aryl methyl sites for hydroxylation is 2. The van der Waals surface area contributed by atoms with E-state index in [1.165, 1.54) is 0 Å². The molecular formula is C13H14ClN3O. The highest BCUT2D eigenvalue weighted by atomic mass is 35.5. The first kappa shape index (κ1) is 12.6. The van der Waals surface area contributed by atoms with Crippen molar-refractivity contribution < 1.29 is 4.79 Å². The maximum atomic E-state index is 11.8. The summed E-state index contributed by atoms with van der Waals surface area (Å²) in [6.07, 6.45) is 3.73. The normalized spacial score (nSPS) is 10.4. The van der Waals surface area contributed by atoms with E-state index in [0.29, 0.717) is 10.7 Å². The zero-order chi connectivity index (χ0) is 13.1. The standard InChI is InChI=1S/C13H14ClN3O/c1-9-3-4-10(7-11(9)14)16-13(18)8-12-15-5-6-17(12)2/h3-7H,8H2,1-2H3,(H,16,18). The summed E-state index contributed by atoms with van der Waals surface area (Å²) < 4.78 is 1.82. The predicted molar refractivity (Wildman–Crippen MR) is 71.7 cm³/mol. The van der Waals surface area contributed by atoms with E-state index in [-0.39, 0.29) is 12.3 Å². The molecule has 0 fully saturated rings. The number of anilines is 1. The highest BCUT2D eigenvalue weighted by Crippen LogP contribution is 2.19. The molecule has 18 heavy (non-hydrogen) atoms. The number of hydrogen-bond acceptors (Lipinski definition) is 2. The first-order valence-corrected chi connectivity index (χ1v) is 5.96. The zero-order valence-corrected chi connectivity index (χ0v) is 11.0. The third-order valence-corrected chi connectivity index (χ3v) is 3.10. The molecule has 0 aliphatic carbocycles. The second-order valence-electron chi connectivity index (χ2n) is 4.14. The summed E-state index contributed by atoms with van der Waals surface area (Å²) in [6, 6.07) is 5.45. The van der Waals surface area contributed by atoms with E-state index in [4.69, 9.17) is 11.6 Å². The molecule has 2 rings (SSSR count). The number of carbonyl (C=O) groups excluding carboxylic acids is 1. The first-order chi connectivity index (χ1) is 8.56. The Kier molecular flexibility index (Phi) is 3.67. The topological polar surface area (TPSA) is 46.9 Å². The number of rotatable bonds is 3. The summed E-state index contributed by atoms with van der Waals surface area (Å²) in [5, 5.41) is 3.44. The van der Waals surface area contributed by atoms with Gasteiger partial charge in [0.25, 0.3) is 0 Å². The average molecular weight is 264 g/mol. The number of halogens is 1. The van der Waals surface area contributed by atoms with E-state index < -0.39 is 0 Å². The maximum absolute atomic E-state index is 11.8. The SMILES string of the molecule is Cc1ccc(NC(=O)Cc2nccn2C)cc1Cl. The lowest BCUT2D eigenvalue weighted by Gasteiger charge is -2.07. The quantitative estimate of drug-likeness (QED) is 0.925. The van der Waals surface area contributed by atoms with Crippen LogP contribution in [-0.2, 0) is 18.3 Å². The Morgan fingerprint density at radius 3 is 2.89 bits per heavy atom. The van der Waals surface area contributed by atoms with Crippen LogP contribution >= 0.6 is 11.6 Å². The number of imidazole rings is 1. The van der Waals surface area contributed by atoms with E-state index in [9.17, 15) is 4.79 Å². The van der Waals surface area contributed by atoms with Crippen molar-refractivity contribution in [2.75, 3.05) is 5.32 Å². The van der Waals surface area contributed by atoms with Crippen molar-refractivity contribution in [2.45, 2.75) is 13.3 Å². The minimum absolute atomic E-state index is 0.107. The van der Waals surface area contributed by atoms with Gasteiger partial charge >= 0.3 is 0 Å². The molecule has 1 aromatic carbocycles. The molecule has 0 aliphatic rings. The van der Waals surface area contributed by atoms with Crippen molar-refractivity contribution in [3.63, 3.8) is 0 Å². The van der Waals surface area contributed by atoms with Gasteiger partial charge in [0.1, 0.15) is 5.82 Å². The molecule has 2 aromatic rings. The highest BCUT2D eigenvalue weighted by Gasteiger charge is 2.08. The minimum Gasteiger partial charge on any atom is -0.338 e. The Morgan fingerprint density at radius 2 is 2.28 bits per heavy atom. The Bertz CT molecular complexity index is 577. The Morgan fingerprint density at radius 1 is 1.50 bits per heavy atom. The monoisotopic (exact) mass is 263 g/mol. The van der Waals surface area contributed by atoms with Gasteiger partial charge in [0, 0.05) is 30.2 Å². The van der Waals surface area contributed by atoms with Crippen LogP contribution < -0.4 is 5.32 Å². The highest BCUT2D eigenvalue weighted by molar-refractivity contribution is 6.31. The van der Waals surface area contributed by atoms with Gasteiger partial charge in [0.15, 0.2) is 0 Å². The van der Waals surface area contributed by atoms with Crippen molar-refractivity contribution in [2.24, 2.45) is 7.05 Å². The third kappa shape index (κ3) is 2.90. The summed E-state index contributed by atoms with van der Waals surface area (Å²) in [4.78, 5) is 15.9.